The van der Waals surface area contributed by atoms with Crippen molar-refractivity contribution in [3.05, 3.63) is 35.4 Å². The molecular weight excluding hydrogens is 224 g/mol. The highest BCUT2D eigenvalue weighted by molar-refractivity contribution is 5.75. The molecule has 2 amide bonds. The number of rotatable bonds is 3. The molecule has 2 rings (SSSR count). The number of likely N-dealkylation sites (tertiary alicyclic amines) is 1. The summed E-state index contributed by atoms with van der Waals surface area (Å²) in [4.78, 5) is 14.1. The van der Waals surface area contributed by atoms with Crippen molar-refractivity contribution in [2.45, 2.75) is 39.2 Å². The molecule has 1 N–H and O–H groups in total. The highest BCUT2D eigenvalue weighted by Crippen LogP contribution is 2.33. The van der Waals surface area contributed by atoms with Gasteiger partial charge in [0, 0.05) is 13.1 Å². The maximum Gasteiger partial charge on any atom is 0.317 e. The number of hydrogen-bond acceptors (Lipinski definition) is 1. The third kappa shape index (κ3) is 2.66. The molecule has 18 heavy (non-hydrogen) atoms. The van der Waals surface area contributed by atoms with Crippen LogP contribution in [0, 0.1) is 6.92 Å². The molecule has 0 spiro atoms. The summed E-state index contributed by atoms with van der Waals surface area (Å²) in [7, 11) is 0. The van der Waals surface area contributed by atoms with Crippen molar-refractivity contribution in [3.63, 3.8) is 0 Å². The second-order valence-corrected chi connectivity index (χ2v) is 4.94. The van der Waals surface area contributed by atoms with Crippen LogP contribution in [0.1, 0.15) is 43.4 Å². The van der Waals surface area contributed by atoms with E-state index in [0.29, 0.717) is 0 Å². The van der Waals surface area contributed by atoms with Gasteiger partial charge in [-0.2, -0.15) is 0 Å². The first-order chi connectivity index (χ1) is 8.74. The summed E-state index contributed by atoms with van der Waals surface area (Å²) >= 11 is 0. The lowest BCUT2D eigenvalue weighted by Gasteiger charge is -2.26. The van der Waals surface area contributed by atoms with Crippen molar-refractivity contribution in [2.75, 3.05) is 13.1 Å². The Morgan fingerprint density at radius 1 is 1.44 bits per heavy atom. The summed E-state index contributed by atoms with van der Waals surface area (Å²) in [5.41, 5.74) is 2.57. The van der Waals surface area contributed by atoms with Gasteiger partial charge in [-0.3, -0.25) is 0 Å². The van der Waals surface area contributed by atoms with E-state index in [-0.39, 0.29) is 12.1 Å². The number of nitrogens with one attached hydrogen (secondary N) is 1. The monoisotopic (exact) mass is 246 g/mol. The molecule has 0 radical (unpaired) electrons. The van der Waals surface area contributed by atoms with Gasteiger partial charge in [-0.25, -0.2) is 4.79 Å². The standard InChI is InChI=1S/C15H22N2O/c1-3-10-16-15(18)17-11-6-9-14(17)13-8-5-4-7-12(13)2/h4-5,7-8,14H,3,6,9-11H2,1-2H3,(H,16,18). The van der Waals surface area contributed by atoms with Crippen LogP contribution in [0.4, 0.5) is 4.79 Å². The highest BCUT2D eigenvalue weighted by atomic mass is 16.2. The minimum absolute atomic E-state index is 0.0857. The Kier molecular flexibility index (Phi) is 4.24. The van der Waals surface area contributed by atoms with Crippen LogP contribution in [-0.2, 0) is 0 Å². The van der Waals surface area contributed by atoms with E-state index < -0.39 is 0 Å². The molecule has 1 saturated heterocycles. The quantitative estimate of drug-likeness (QED) is 0.872. The van der Waals surface area contributed by atoms with Crippen LogP contribution in [0.15, 0.2) is 24.3 Å². The number of carbonyl (C=O) groups is 1. The maximum atomic E-state index is 12.1. The molecular formula is C15H22N2O. The van der Waals surface area contributed by atoms with Crippen molar-refractivity contribution in [1.29, 1.82) is 0 Å². The van der Waals surface area contributed by atoms with E-state index in [1.807, 2.05) is 4.90 Å². The molecule has 0 saturated carbocycles. The number of hydrogen-bond donors (Lipinski definition) is 1. The molecule has 1 aliphatic heterocycles. The lowest BCUT2D eigenvalue weighted by molar-refractivity contribution is 0.193. The Hall–Kier alpha value is -1.51. The van der Waals surface area contributed by atoms with Crippen LogP contribution in [0.5, 0.6) is 0 Å². The van der Waals surface area contributed by atoms with E-state index >= 15 is 0 Å². The van der Waals surface area contributed by atoms with Crippen LogP contribution in [0.2, 0.25) is 0 Å². The third-order valence-corrected chi connectivity index (χ3v) is 3.59. The number of benzene rings is 1. The summed E-state index contributed by atoms with van der Waals surface area (Å²) in [6.45, 7) is 5.82. The molecule has 1 heterocycles. The van der Waals surface area contributed by atoms with Crippen molar-refractivity contribution in [3.8, 4) is 0 Å². The van der Waals surface area contributed by atoms with E-state index in [1.165, 1.54) is 11.1 Å². The van der Waals surface area contributed by atoms with E-state index in [1.54, 1.807) is 0 Å². The molecule has 0 aromatic heterocycles. The molecule has 1 fully saturated rings. The summed E-state index contributed by atoms with van der Waals surface area (Å²) in [6, 6.07) is 8.71. The van der Waals surface area contributed by atoms with Gasteiger partial charge >= 0.3 is 6.03 Å². The van der Waals surface area contributed by atoms with Gasteiger partial charge in [0.05, 0.1) is 6.04 Å². The van der Waals surface area contributed by atoms with Gasteiger partial charge in [-0.1, -0.05) is 31.2 Å². The predicted molar refractivity (Wildman–Crippen MR) is 73.5 cm³/mol. The fraction of sp³-hybridized carbons (Fsp3) is 0.533. The van der Waals surface area contributed by atoms with Crippen molar-refractivity contribution < 1.29 is 4.79 Å². The van der Waals surface area contributed by atoms with Crippen LogP contribution < -0.4 is 5.32 Å². The number of urea groups is 1. The van der Waals surface area contributed by atoms with E-state index in [0.717, 1.165) is 32.4 Å². The van der Waals surface area contributed by atoms with Gasteiger partial charge in [-0.15, -0.1) is 0 Å². The van der Waals surface area contributed by atoms with Crippen molar-refractivity contribution >= 4 is 6.03 Å². The first-order valence-corrected chi connectivity index (χ1v) is 6.84. The first-order valence-electron chi connectivity index (χ1n) is 6.84. The van der Waals surface area contributed by atoms with Gasteiger partial charge in [0.2, 0.25) is 0 Å². The van der Waals surface area contributed by atoms with E-state index in [2.05, 4.69) is 43.4 Å². The second kappa shape index (κ2) is 5.89. The van der Waals surface area contributed by atoms with E-state index in [9.17, 15) is 4.79 Å². The Morgan fingerprint density at radius 3 is 2.94 bits per heavy atom. The predicted octanol–water partition coefficient (Wildman–Crippen LogP) is 3.25. The SMILES string of the molecule is CCCNC(=O)N1CCCC1c1ccccc1C. The summed E-state index contributed by atoms with van der Waals surface area (Å²) in [5.74, 6) is 0. The molecule has 1 aromatic rings. The van der Waals surface area contributed by atoms with Crippen LogP contribution in [0.3, 0.4) is 0 Å². The fourth-order valence-corrected chi connectivity index (χ4v) is 2.63. The summed E-state index contributed by atoms with van der Waals surface area (Å²) < 4.78 is 0. The molecule has 1 aromatic carbocycles. The number of aryl methyl sites for hydroxylation is 1. The number of carbonyl (C=O) groups excluding carboxylic acids is 1. The zero-order valence-corrected chi connectivity index (χ0v) is 11.3. The van der Waals surface area contributed by atoms with Gasteiger partial charge in [0.15, 0.2) is 0 Å². The lowest BCUT2D eigenvalue weighted by atomic mass is 9.99. The van der Waals surface area contributed by atoms with Gasteiger partial charge in [0.25, 0.3) is 0 Å². The highest BCUT2D eigenvalue weighted by Gasteiger charge is 2.30. The Bertz CT molecular complexity index is 417. The lowest BCUT2D eigenvalue weighted by Crippen LogP contribution is -2.39. The molecule has 1 aliphatic rings. The Balaban J connectivity index is 2.12. The normalized spacial score (nSPS) is 19.0. The second-order valence-electron chi connectivity index (χ2n) is 4.94. The fourth-order valence-electron chi connectivity index (χ4n) is 2.63. The molecule has 1 unspecified atom stereocenters. The van der Waals surface area contributed by atoms with Crippen LogP contribution in [-0.4, -0.2) is 24.0 Å². The van der Waals surface area contributed by atoms with Crippen LogP contribution >= 0.6 is 0 Å². The summed E-state index contributed by atoms with van der Waals surface area (Å²) in [5, 5.41) is 2.98. The summed E-state index contributed by atoms with van der Waals surface area (Å²) in [6.07, 6.45) is 3.15. The topological polar surface area (TPSA) is 32.3 Å². The van der Waals surface area contributed by atoms with Crippen LogP contribution in [0.25, 0.3) is 0 Å². The molecule has 3 heteroatoms. The Labute approximate surface area is 109 Å². The van der Waals surface area contributed by atoms with Gasteiger partial charge < -0.3 is 10.2 Å². The largest absolute Gasteiger partial charge is 0.338 e. The Morgan fingerprint density at radius 2 is 2.22 bits per heavy atom. The van der Waals surface area contributed by atoms with Gasteiger partial charge in [0.1, 0.15) is 0 Å². The zero-order chi connectivity index (χ0) is 13.0. The number of amides is 2. The number of nitrogens with zero attached hydrogens (tertiary/aromatic N) is 1. The van der Waals surface area contributed by atoms with Gasteiger partial charge in [-0.05, 0) is 37.3 Å². The van der Waals surface area contributed by atoms with Crippen molar-refractivity contribution in [1.82, 2.24) is 10.2 Å². The molecule has 3 nitrogen and oxygen atoms in total. The smallest absolute Gasteiger partial charge is 0.317 e. The first kappa shape index (κ1) is 12.9. The van der Waals surface area contributed by atoms with Crippen molar-refractivity contribution in [2.24, 2.45) is 0 Å². The minimum Gasteiger partial charge on any atom is -0.338 e. The zero-order valence-electron chi connectivity index (χ0n) is 11.3. The third-order valence-electron chi connectivity index (χ3n) is 3.59. The molecule has 0 aliphatic carbocycles. The molecule has 1 atom stereocenters. The minimum atomic E-state index is 0.0857. The average Bonchev–Trinajstić information content (AvgIpc) is 2.85. The maximum absolute atomic E-state index is 12.1. The average molecular weight is 246 g/mol. The van der Waals surface area contributed by atoms with E-state index in [4.69, 9.17) is 0 Å². The molecule has 0 bridgehead atoms. The molecule has 98 valence electrons.